The molecule has 5 nitrogen and oxygen atoms in total. The summed E-state index contributed by atoms with van der Waals surface area (Å²) < 4.78 is 5.91. The van der Waals surface area contributed by atoms with Crippen molar-refractivity contribution in [2.75, 3.05) is 19.6 Å². The number of benzene rings is 1. The highest BCUT2D eigenvalue weighted by Crippen LogP contribution is 2.22. The summed E-state index contributed by atoms with van der Waals surface area (Å²) in [6.07, 6.45) is 2.17. The third-order valence-electron chi connectivity index (χ3n) is 4.38. The molecule has 1 aromatic carbocycles. The van der Waals surface area contributed by atoms with Crippen LogP contribution in [0.1, 0.15) is 25.3 Å². The molecule has 0 bridgehead atoms. The van der Waals surface area contributed by atoms with E-state index < -0.39 is 0 Å². The van der Waals surface area contributed by atoms with Crippen LogP contribution < -0.4 is 10.1 Å². The van der Waals surface area contributed by atoms with Gasteiger partial charge in [-0.2, -0.15) is 0 Å². The SMILES string of the molecule is CCc1cccc(OC2CN(C(=O)[C@@H]3CCC(=O)NC3)C2)c1. The van der Waals surface area contributed by atoms with E-state index >= 15 is 0 Å². The number of carbonyl (C=O) groups is 2. The second-order valence-corrected chi connectivity index (χ2v) is 6.02. The van der Waals surface area contributed by atoms with E-state index in [4.69, 9.17) is 4.74 Å². The summed E-state index contributed by atoms with van der Waals surface area (Å²) in [7, 11) is 0. The van der Waals surface area contributed by atoms with Crippen LogP contribution in [-0.2, 0) is 16.0 Å². The molecule has 0 aromatic heterocycles. The third-order valence-corrected chi connectivity index (χ3v) is 4.38. The molecule has 22 heavy (non-hydrogen) atoms. The summed E-state index contributed by atoms with van der Waals surface area (Å²) in [5.74, 6) is 0.996. The minimum absolute atomic E-state index is 0.0460. The molecule has 3 rings (SSSR count). The Bertz CT molecular complexity index is 557. The number of ether oxygens (including phenoxy) is 1. The van der Waals surface area contributed by atoms with Crippen LogP contribution in [0.3, 0.4) is 0 Å². The van der Waals surface area contributed by atoms with Crippen LogP contribution in [0.2, 0.25) is 0 Å². The molecule has 1 N–H and O–H groups in total. The van der Waals surface area contributed by atoms with Crippen LogP contribution in [0, 0.1) is 5.92 Å². The van der Waals surface area contributed by atoms with E-state index in [2.05, 4.69) is 24.4 Å². The maximum atomic E-state index is 12.3. The Kier molecular flexibility index (Phi) is 4.32. The van der Waals surface area contributed by atoms with Crippen molar-refractivity contribution in [3.63, 3.8) is 0 Å². The summed E-state index contributed by atoms with van der Waals surface area (Å²) in [4.78, 5) is 25.3. The molecule has 0 spiro atoms. The van der Waals surface area contributed by atoms with Crippen molar-refractivity contribution in [2.24, 2.45) is 5.92 Å². The molecule has 0 unspecified atom stereocenters. The number of hydrogen-bond donors (Lipinski definition) is 1. The molecule has 2 aliphatic heterocycles. The molecule has 0 saturated carbocycles. The Morgan fingerprint density at radius 3 is 2.91 bits per heavy atom. The average molecular weight is 302 g/mol. The van der Waals surface area contributed by atoms with E-state index in [-0.39, 0.29) is 23.8 Å². The smallest absolute Gasteiger partial charge is 0.227 e. The van der Waals surface area contributed by atoms with Crippen molar-refractivity contribution >= 4 is 11.8 Å². The van der Waals surface area contributed by atoms with E-state index in [1.807, 2.05) is 17.0 Å². The number of likely N-dealkylation sites (tertiary alicyclic amines) is 1. The quantitative estimate of drug-likeness (QED) is 0.914. The second kappa shape index (κ2) is 6.38. The van der Waals surface area contributed by atoms with Crippen LogP contribution in [0.25, 0.3) is 0 Å². The fourth-order valence-electron chi connectivity index (χ4n) is 2.93. The highest BCUT2D eigenvalue weighted by molar-refractivity contribution is 5.84. The molecular weight excluding hydrogens is 280 g/mol. The van der Waals surface area contributed by atoms with Crippen LogP contribution in [0.15, 0.2) is 24.3 Å². The molecule has 0 radical (unpaired) electrons. The lowest BCUT2D eigenvalue weighted by atomic mass is 9.96. The van der Waals surface area contributed by atoms with Gasteiger partial charge in [0.1, 0.15) is 11.9 Å². The Balaban J connectivity index is 1.47. The van der Waals surface area contributed by atoms with E-state index in [1.165, 1.54) is 5.56 Å². The number of carbonyl (C=O) groups excluding carboxylic acids is 2. The maximum Gasteiger partial charge on any atom is 0.227 e. The number of rotatable bonds is 4. The zero-order valence-electron chi connectivity index (χ0n) is 12.9. The van der Waals surface area contributed by atoms with Crippen LogP contribution in [0.4, 0.5) is 0 Å². The van der Waals surface area contributed by atoms with Gasteiger partial charge in [-0.3, -0.25) is 9.59 Å². The Morgan fingerprint density at radius 2 is 2.23 bits per heavy atom. The zero-order valence-corrected chi connectivity index (χ0v) is 12.9. The van der Waals surface area contributed by atoms with Crippen molar-refractivity contribution in [1.82, 2.24) is 10.2 Å². The predicted molar refractivity (Wildman–Crippen MR) is 82.5 cm³/mol. The van der Waals surface area contributed by atoms with Gasteiger partial charge in [-0.15, -0.1) is 0 Å². The Hall–Kier alpha value is -2.04. The topological polar surface area (TPSA) is 58.6 Å². The number of piperidine rings is 1. The molecule has 2 heterocycles. The number of nitrogens with one attached hydrogen (secondary N) is 1. The van der Waals surface area contributed by atoms with Gasteiger partial charge in [-0.1, -0.05) is 19.1 Å². The lowest BCUT2D eigenvalue weighted by molar-refractivity contribution is -0.145. The van der Waals surface area contributed by atoms with Gasteiger partial charge in [0.05, 0.1) is 19.0 Å². The fraction of sp³-hybridized carbons (Fsp3) is 0.529. The van der Waals surface area contributed by atoms with Crippen molar-refractivity contribution in [2.45, 2.75) is 32.3 Å². The second-order valence-electron chi connectivity index (χ2n) is 6.02. The van der Waals surface area contributed by atoms with Gasteiger partial charge in [0.25, 0.3) is 0 Å². The minimum atomic E-state index is -0.0675. The molecule has 118 valence electrons. The van der Waals surface area contributed by atoms with E-state index in [1.54, 1.807) is 0 Å². The molecule has 2 aliphatic rings. The fourth-order valence-corrected chi connectivity index (χ4v) is 2.93. The van der Waals surface area contributed by atoms with Gasteiger partial charge in [0, 0.05) is 13.0 Å². The summed E-state index contributed by atoms with van der Waals surface area (Å²) in [5, 5.41) is 2.76. The summed E-state index contributed by atoms with van der Waals surface area (Å²) >= 11 is 0. The minimum Gasteiger partial charge on any atom is -0.487 e. The van der Waals surface area contributed by atoms with E-state index in [9.17, 15) is 9.59 Å². The van der Waals surface area contributed by atoms with Crippen LogP contribution >= 0.6 is 0 Å². The third kappa shape index (κ3) is 3.24. The van der Waals surface area contributed by atoms with Crippen LogP contribution in [-0.4, -0.2) is 42.5 Å². The first-order valence-electron chi connectivity index (χ1n) is 7.96. The van der Waals surface area contributed by atoms with E-state index in [0.717, 1.165) is 12.2 Å². The first kappa shape index (κ1) is 14.9. The first-order chi connectivity index (χ1) is 10.7. The molecule has 5 heteroatoms. The van der Waals surface area contributed by atoms with Gasteiger partial charge in [0.2, 0.25) is 11.8 Å². The molecule has 2 fully saturated rings. The standard InChI is InChI=1S/C17H22N2O3/c1-2-12-4-3-5-14(8-12)22-15-10-19(11-15)17(21)13-6-7-16(20)18-9-13/h3-5,8,13,15H,2,6-7,9-11H2,1H3,(H,18,20)/t13-/m1/s1. The Morgan fingerprint density at radius 1 is 1.41 bits per heavy atom. The molecule has 0 aliphatic carbocycles. The van der Waals surface area contributed by atoms with Gasteiger partial charge in [-0.25, -0.2) is 0 Å². The van der Waals surface area contributed by atoms with Gasteiger partial charge >= 0.3 is 0 Å². The molecular formula is C17H22N2O3. The highest BCUT2D eigenvalue weighted by atomic mass is 16.5. The maximum absolute atomic E-state index is 12.3. The molecule has 2 amide bonds. The van der Waals surface area contributed by atoms with Crippen molar-refractivity contribution in [3.05, 3.63) is 29.8 Å². The summed E-state index contributed by atoms with van der Waals surface area (Å²) in [5.41, 5.74) is 1.25. The highest BCUT2D eigenvalue weighted by Gasteiger charge is 2.36. The van der Waals surface area contributed by atoms with Gasteiger partial charge < -0.3 is 15.0 Å². The lowest BCUT2D eigenvalue weighted by Gasteiger charge is -2.41. The summed E-state index contributed by atoms with van der Waals surface area (Å²) in [6, 6.07) is 8.10. The monoisotopic (exact) mass is 302 g/mol. The van der Waals surface area contributed by atoms with Crippen molar-refractivity contribution < 1.29 is 14.3 Å². The van der Waals surface area contributed by atoms with Crippen molar-refractivity contribution in [3.8, 4) is 5.75 Å². The zero-order chi connectivity index (χ0) is 15.5. The number of aryl methyl sites for hydroxylation is 1. The Labute approximate surface area is 130 Å². The van der Waals surface area contributed by atoms with Gasteiger partial charge in [0.15, 0.2) is 0 Å². The number of hydrogen-bond acceptors (Lipinski definition) is 3. The number of nitrogens with zero attached hydrogens (tertiary/aromatic N) is 1. The molecule has 1 atom stereocenters. The molecule has 1 aromatic rings. The molecule has 2 saturated heterocycles. The largest absolute Gasteiger partial charge is 0.487 e. The first-order valence-corrected chi connectivity index (χ1v) is 7.96. The predicted octanol–water partition coefficient (Wildman–Crippen LogP) is 1.36. The summed E-state index contributed by atoms with van der Waals surface area (Å²) in [6.45, 7) is 3.86. The van der Waals surface area contributed by atoms with Crippen LogP contribution in [0.5, 0.6) is 5.75 Å². The van der Waals surface area contributed by atoms with Gasteiger partial charge in [-0.05, 0) is 30.5 Å². The number of amides is 2. The van der Waals surface area contributed by atoms with E-state index in [0.29, 0.717) is 32.5 Å². The van der Waals surface area contributed by atoms with Crippen molar-refractivity contribution in [1.29, 1.82) is 0 Å². The average Bonchev–Trinajstić information content (AvgIpc) is 2.51. The lowest BCUT2D eigenvalue weighted by Crippen LogP contribution is -2.59. The normalized spacial score (nSPS) is 22.0.